The van der Waals surface area contributed by atoms with E-state index in [0.29, 0.717) is 0 Å². The first-order valence-electron chi connectivity index (χ1n) is 5.77. The monoisotopic (exact) mass is 258 g/mol. The Labute approximate surface area is 105 Å². The van der Waals surface area contributed by atoms with Crippen LogP contribution in [0.4, 0.5) is 0 Å². The first-order chi connectivity index (χ1) is 7.68. The molecule has 1 aromatic carbocycles. The van der Waals surface area contributed by atoms with Crippen molar-refractivity contribution in [1.29, 1.82) is 0 Å². The lowest BCUT2D eigenvalue weighted by atomic mass is 10.2. The molecule has 16 heavy (non-hydrogen) atoms. The summed E-state index contributed by atoms with van der Waals surface area (Å²) in [7, 11) is 1.02. The van der Waals surface area contributed by atoms with E-state index in [-0.39, 0.29) is 0 Å². The molecular formula is C13H20ClOP. The highest BCUT2D eigenvalue weighted by molar-refractivity contribution is 7.37. The second-order valence-electron chi connectivity index (χ2n) is 4.24. The van der Waals surface area contributed by atoms with Gasteiger partial charge in [-0.05, 0) is 42.9 Å². The molecular weight excluding hydrogens is 239 g/mol. The van der Waals surface area contributed by atoms with Crippen molar-refractivity contribution in [2.24, 2.45) is 5.92 Å². The smallest absolute Gasteiger partial charge is 0.120 e. The summed E-state index contributed by atoms with van der Waals surface area (Å²) in [5.74, 6) is 1.70. The zero-order valence-electron chi connectivity index (χ0n) is 10.0. The van der Waals surface area contributed by atoms with Gasteiger partial charge in [0.1, 0.15) is 5.75 Å². The number of ether oxygens (including phenoxy) is 1. The molecule has 1 atom stereocenters. The molecule has 3 heteroatoms. The van der Waals surface area contributed by atoms with E-state index in [9.17, 15) is 0 Å². The third-order valence-electron chi connectivity index (χ3n) is 2.24. The fourth-order valence-electron chi connectivity index (χ4n) is 1.31. The summed E-state index contributed by atoms with van der Waals surface area (Å²) >= 11 is 5.86. The summed E-state index contributed by atoms with van der Waals surface area (Å²) in [4.78, 5) is 0. The molecule has 0 N–H and O–H groups in total. The molecule has 90 valence electrons. The molecule has 0 fully saturated rings. The van der Waals surface area contributed by atoms with Crippen molar-refractivity contribution in [2.45, 2.75) is 20.3 Å². The van der Waals surface area contributed by atoms with E-state index >= 15 is 0 Å². The quantitative estimate of drug-likeness (QED) is 0.519. The van der Waals surface area contributed by atoms with Gasteiger partial charge in [0.25, 0.3) is 0 Å². The first kappa shape index (κ1) is 13.8. The van der Waals surface area contributed by atoms with Crippen LogP contribution in [0.15, 0.2) is 24.3 Å². The molecule has 0 heterocycles. The van der Waals surface area contributed by atoms with Crippen LogP contribution in [0.5, 0.6) is 5.75 Å². The molecule has 0 amide bonds. The first-order valence-corrected chi connectivity index (χ1v) is 7.57. The van der Waals surface area contributed by atoms with Crippen molar-refractivity contribution in [3.05, 3.63) is 29.3 Å². The molecule has 0 aliphatic carbocycles. The maximum Gasteiger partial charge on any atom is 0.120 e. The summed E-state index contributed by atoms with van der Waals surface area (Å²) in [6.07, 6.45) is 3.81. The molecule has 0 radical (unpaired) electrons. The van der Waals surface area contributed by atoms with Gasteiger partial charge in [-0.2, -0.15) is 0 Å². The minimum absolute atomic E-state index is 0.736. The molecule has 1 rings (SSSR count). The van der Waals surface area contributed by atoms with Crippen molar-refractivity contribution in [2.75, 3.05) is 18.9 Å². The summed E-state index contributed by atoms with van der Waals surface area (Å²) in [5, 5.41) is 0.736. The Bertz CT molecular complexity index is 302. The average Bonchev–Trinajstić information content (AvgIpc) is 2.23. The molecule has 0 aliphatic rings. The van der Waals surface area contributed by atoms with Gasteiger partial charge in [-0.1, -0.05) is 31.5 Å². The number of halogens is 1. The van der Waals surface area contributed by atoms with Crippen LogP contribution in [0.3, 0.4) is 0 Å². The van der Waals surface area contributed by atoms with Crippen LogP contribution in [-0.2, 0) is 0 Å². The highest BCUT2D eigenvalue weighted by atomic mass is 35.5. The largest absolute Gasteiger partial charge is 0.493 e. The Morgan fingerprint density at radius 1 is 1.31 bits per heavy atom. The molecule has 1 aromatic rings. The van der Waals surface area contributed by atoms with E-state index in [1.807, 2.05) is 24.3 Å². The van der Waals surface area contributed by atoms with Crippen LogP contribution < -0.4 is 4.74 Å². The maximum absolute atomic E-state index is 5.86. The van der Waals surface area contributed by atoms with Crippen molar-refractivity contribution in [1.82, 2.24) is 0 Å². The van der Waals surface area contributed by atoms with E-state index in [1.54, 1.807) is 0 Å². The summed E-state index contributed by atoms with van der Waals surface area (Å²) in [6, 6.07) is 7.58. The Morgan fingerprint density at radius 2 is 2.12 bits per heavy atom. The van der Waals surface area contributed by atoms with Crippen molar-refractivity contribution in [3.63, 3.8) is 0 Å². The standard InChI is InChI=1S/C13H20ClOP/c1-11(2)6-8-16-9-7-15-13-5-3-4-12(14)10-13/h3-5,10-11,16H,6-9H2,1-2H3. The SMILES string of the molecule is CC(C)CCPCCOc1cccc(Cl)c1. The lowest BCUT2D eigenvalue weighted by Crippen LogP contribution is -2.00. The molecule has 0 saturated heterocycles. The lowest BCUT2D eigenvalue weighted by molar-refractivity contribution is 0.343. The van der Waals surface area contributed by atoms with E-state index in [0.717, 1.165) is 38.0 Å². The van der Waals surface area contributed by atoms with Gasteiger partial charge in [-0.3, -0.25) is 0 Å². The molecule has 0 spiro atoms. The summed E-state index contributed by atoms with van der Waals surface area (Å²) in [6.45, 7) is 5.34. The Kier molecular flexibility index (Phi) is 6.84. The molecule has 0 saturated carbocycles. The lowest BCUT2D eigenvalue weighted by Gasteiger charge is -2.07. The van der Waals surface area contributed by atoms with Crippen LogP contribution >= 0.6 is 20.2 Å². The van der Waals surface area contributed by atoms with E-state index in [2.05, 4.69) is 13.8 Å². The minimum atomic E-state index is 0.736. The normalized spacial score (nSPS) is 11.5. The molecule has 1 nitrogen and oxygen atoms in total. The predicted octanol–water partition coefficient (Wildman–Crippen LogP) is 4.44. The van der Waals surface area contributed by atoms with Gasteiger partial charge < -0.3 is 4.74 Å². The van der Waals surface area contributed by atoms with Gasteiger partial charge in [0, 0.05) is 5.02 Å². The Morgan fingerprint density at radius 3 is 2.81 bits per heavy atom. The van der Waals surface area contributed by atoms with Crippen molar-refractivity contribution < 1.29 is 4.74 Å². The minimum Gasteiger partial charge on any atom is -0.493 e. The second-order valence-corrected chi connectivity index (χ2v) is 6.17. The van der Waals surface area contributed by atoms with Crippen LogP contribution in [0, 0.1) is 5.92 Å². The average molecular weight is 259 g/mol. The fraction of sp³-hybridized carbons (Fsp3) is 0.538. The summed E-state index contributed by atoms with van der Waals surface area (Å²) in [5.41, 5.74) is 0. The zero-order chi connectivity index (χ0) is 11.8. The van der Waals surface area contributed by atoms with Crippen LogP contribution in [0.25, 0.3) is 0 Å². The Hall–Kier alpha value is -0.260. The number of rotatable bonds is 7. The molecule has 0 bridgehead atoms. The van der Waals surface area contributed by atoms with Gasteiger partial charge in [-0.25, -0.2) is 0 Å². The fourth-order valence-corrected chi connectivity index (χ4v) is 2.77. The Balaban J connectivity index is 2.07. The van der Waals surface area contributed by atoms with E-state index in [4.69, 9.17) is 16.3 Å². The number of hydrogen-bond acceptors (Lipinski definition) is 1. The van der Waals surface area contributed by atoms with Gasteiger partial charge in [-0.15, -0.1) is 8.58 Å². The van der Waals surface area contributed by atoms with Crippen LogP contribution in [0.2, 0.25) is 5.02 Å². The van der Waals surface area contributed by atoms with E-state index in [1.165, 1.54) is 12.6 Å². The van der Waals surface area contributed by atoms with Crippen LogP contribution in [-0.4, -0.2) is 18.9 Å². The zero-order valence-corrected chi connectivity index (χ0v) is 11.8. The van der Waals surface area contributed by atoms with Crippen molar-refractivity contribution >= 4 is 20.2 Å². The molecule has 1 unspecified atom stereocenters. The molecule has 0 aromatic heterocycles. The van der Waals surface area contributed by atoms with Gasteiger partial charge in [0.05, 0.1) is 6.61 Å². The van der Waals surface area contributed by atoms with Gasteiger partial charge in [0.2, 0.25) is 0 Å². The number of benzene rings is 1. The van der Waals surface area contributed by atoms with Gasteiger partial charge >= 0.3 is 0 Å². The highest BCUT2D eigenvalue weighted by Crippen LogP contribution is 2.19. The summed E-state index contributed by atoms with van der Waals surface area (Å²) < 4.78 is 5.62. The van der Waals surface area contributed by atoms with Gasteiger partial charge in [0.15, 0.2) is 0 Å². The number of hydrogen-bond donors (Lipinski definition) is 0. The maximum atomic E-state index is 5.86. The third-order valence-corrected chi connectivity index (χ3v) is 3.68. The van der Waals surface area contributed by atoms with Crippen LogP contribution in [0.1, 0.15) is 20.3 Å². The predicted molar refractivity (Wildman–Crippen MR) is 74.5 cm³/mol. The topological polar surface area (TPSA) is 9.23 Å². The third kappa shape index (κ3) is 6.35. The highest BCUT2D eigenvalue weighted by Gasteiger charge is 1.96. The second kappa shape index (κ2) is 7.92. The van der Waals surface area contributed by atoms with Crippen molar-refractivity contribution in [3.8, 4) is 5.75 Å². The molecule has 0 aliphatic heterocycles. The van der Waals surface area contributed by atoms with E-state index < -0.39 is 0 Å².